The fourth-order valence-corrected chi connectivity index (χ4v) is 6.10. The topological polar surface area (TPSA) is 70.1 Å². The lowest BCUT2D eigenvalue weighted by Crippen LogP contribution is -2.50. The summed E-state index contributed by atoms with van der Waals surface area (Å²) in [6, 6.07) is 21.2. The summed E-state index contributed by atoms with van der Waals surface area (Å²) < 4.78 is 28.7. The maximum absolute atomic E-state index is 13.2. The highest BCUT2D eigenvalue weighted by Crippen LogP contribution is 2.37. The summed E-state index contributed by atoms with van der Waals surface area (Å²) in [6.07, 6.45) is 0.908. The predicted octanol–water partition coefficient (Wildman–Crippen LogP) is 3.16. The highest BCUT2D eigenvalue weighted by atomic mass is 32.2. The van der Waals surface area contributed by atoms with Crippen molar-refractivity contribution in [3.05, 3.63) is 89.0 Å². The first-order valence-corrected chi connectivity index (χ1v) is 12.1. The van der Waals surface area contributed by atoms with Crippen LogP contribution in [0.1, 0.15) is 27.0 Å². The van der Waals surface area contributed by atoms with Crippen molar-refractivity contribution in [2.24, 2.45) is 4.40 Å². The number of carbonyl (C=O) groups is 1. The number of sulfonamides is 1. The van der Waals surface area contributed by atoms with Gasteiger partial charge in [-0.15, -0.1) is 4.40 Å². The van der Waals surface area contributed by atoms with E-state index in [1.807, 2.05) is 34.1 Å². The van der Waals surface area contributed by atoms with Crippen LogP contribution in [0.15, 0.2) is 76.0 Å². The Morgan fingerprint density at radius 2 is 1.47 bits per heavy atom. The van der Waals surface area contributed by atoms with Crippen LogP contribution in [-0.4, -0.2) is 56.1 Å². The van der Waals surface area contributed by atoms with Gasteiger partial charge in [0.1, 0.15) is 4.90 Å². The number of nitrogens with zero attached hydrogens (tertiary/aromatic N) is 3. The molecule has 1 saturated heterocycles. The molecule has 1 fully saturated rings. The maximum atomic E-state index is 13.2. The molecule has 160 valence electrons. The van der Waals surface area contributed by atoms with Gasteiger partial charge in [-0.2, -0.15) is 8.42 Å². The van der Waals surface area contributed by atoms with E-state index < -0.39 is 10.0 Å². The van der Waals surface area contributed by atoms with Crippen LogP contribution in [0.3, 0.4) is 0 Å². The van der Waals surface area contributed by atoms with Crippen LogP contribution < -0.4 is 0 Å². The molecule has 3 aliphatic rings. The Hall–Kier alpha value is -3.45. The molecule has 0 aromatic heterocycles. The summed E-state index contributed by atoms with van der Waals surface area (Å²) in [4.78, 5) is 17.3. The van der Waals surface area contributed by atoms with Crippen molar-refractivity contribution < 1.29 is 13.2 Å². The SMILES string of the molecule is O=C(c1ccc2c(c1)-c1ccccc1C2)N1CCN(C2=NS(=O)(=O)c3ccccc32)CC1. The minimum atomic E-state index is -3.64. The van der Waals surface area contributed by atoms with Gasteiger partial charge in [0, 0.05) is 37.3 Å². The number of hydrogen-bond acceptors (Lipinski definition) is 4. The number of carbonyl (C=O) groups excluding carboxylic acids is 1. The summed E-state index contributed by atoms with van der Waals surface area (Å²) in [5.74, 6) is 0.500. The highest BCUT2D eigenvalue weighted by molar-refractivity contribution is 7.90. The summed E-state index contributed by atoms with van der Waals surface area (Å²) in [5, 5.41) is 0. The fourth-order valence-electron chi connectivity index (χ4n) is 4.88. The Morgan fingerprint density at radius 1 is 0.781 bits per heavy atom. The minimum absolute atomic E-state index is 0.0122. The van der Waals surface area contributed by atoms with E-state index in [-0.39, 0.29) is 10.8 Å². The molecular weight excluding hydrogens is 422 g/mol. The van der Waals surface area contributed by atoms with E-state index in [0.29, 0.717) is 43.1 Å². The minimum Gasteiger partial charge on any atom is -0.352 e. The van der Waals surface area contributed by atoms with Gasteiger partial charge >= 0.3 is 0 Å². The molecule has 0 N–H and O–H groups in total. The number of amides is 1. The molecule has 6 rings (SSSR count). The average molecular weight is 444 g/mol. The zero-order chi connectivity index (χ0) is 21.9. The molecule has 6 nitrogen and oxygen atoms in total. The van der Waals surface area contributed by atoms with Crippen molar-refractivity contribution in [2.75, 3.05) is 26.2 Å². The molecule has 0 radical (unpaired) electrons. The molecule has 3 aromatic rings. The van der Waals surface area contributed by atoms with Crippen molar-refractivity contribution in [1.82, 2.24) is 9.80 Å². The monoisotopic (exact) mass is 443 g/mol. The molecule has 0 unspecified atom stereocenters. The molecule has 2 heterocycles. The van der Waals surface area contributed by atoms with Gasteiger partial charge in [-0.05, 0) is 52.9 Å². The molecule has 1 aliphatic carbocycles. The first-order chi connectivity index (χ1) is 15.5. The largest absolute Gasteiger partial charge is 0.352 e. The molecular formula is C25H21N3O3S. The van der Waals surface area contributed by atoms with Crippen molar-refractivity contribution in [3.63, 3.8) is 0 Å². The second kappa shape index (κ2) is 7.03. The van der Waals surface area contributed by atoms with Crippen molar-refractivity contribution >= 4 is 21.8 Å². The molecule has 0 saturated carbocycles. The molecule has 0 atom stereocenters. The predicted molar refractivity (Wildman–Crippen MR) is 122 cm³/mol. The van der Waals surface area contributed by atoms with E-state index in [4.69, 9.17) is 0 Å². The molecule has 0 bridgehead atoms. The molecule has 0 spiro atoms. The van der Waals surface area contributed by atoms with Crippen LogP contribution >= 0.6 is 0 Å². The number of fused-ring (bicyclic) bond motifs is 4. The Labute approximate surface area is 186 Å². The van der Waals surface area contributed by atoms with Gasteiger partial charge in [0.2, 0.25) is 0 Å². The zero-order valence-corrected chi connectivity index (χ0v) is 18.2. The smallest absolute Gasteiger partial charge is 0.285 e. The van der Waals surface area contributed by atoms with Crippen molar-refractivity contribution in [3.8, 4) is 11.1 Å². The van der Waals surface area contributed by atoms with Crippen molar-refractivity contribution in [1.29, 1.82) is 0 Å². The number of amidine groups is 1. The number of benzene rings is 3. The second-order valence-electron chi connectivity index (χ2n) is 8.37. The Balaban J connectivity index is 1.20. The summed E-state index contributed by atoms with van der Waals surface area (Å²) in [7, 11) is -3.64. The van der Waals surface area contributed by atoms with Gasteiger partial charge in [-0.1, -0.05) is 42.5 Å². The maximum Gasteiger partial charge on any atom is 0.285 e. The summed E-state index contributed by atoms with van der Waals surface area (Å²) in [6.45, 7) is 2.13. The lowest BCUT2D eigenvalue weighted by Gasteiger charge is -2.36. The number of rotatable bonds is 1. The third kappa shape index (κ3) is 2.96. The number of piperazine rings is 1. The van der Waals surface area contributed by atoms with Gasteiger partial charge in [0.05, 0.1) is 0 Å². The van der Waals surface area contributed by atoms with Crippen LogP contribution in [0.25, 0.3) is 11.1 Å². The van der Waals surface area contributed by atoms with E-state index in [2.05, 4.69) is 28.7 Å². The Bertz CT molecular complexity index is 1400. The lowest BCUT2D eigenvalue weighted by molar-refractivity contribution is 0.0692. The van der Waals surface area contributed by atoms with Gasteiger partial charge < -0.3 is 9.80 Å². The van der Waals surface area contributed by atoms with Crippen LogP contribution in [0.5, 0.6) is 0 Å². The third-order valence-electron chi connectivity index (χ3n) is 6.52. The molecule has 2 aliphatic heterocycles. The first kappa shape index (κ1) is 19.3. The molecule has 32 heavy (non-hydrogen) atoms. The van der Waals surface area contributed by atoms with Crippen molar-refractivity contribution in [2.45, 2.75) is 11.3 Å². The zero-order valence-electron chi connectivity index (χ0n) is 17.4. The standard InChI is InChI=1S/C25H21N3O3S/c29-25(19-10-9-18-15-17-5-1-2-6-20(17)22(18)16-19)28-13-11-27(12-14-28)24-21-7-3-4-8-23(21)32(30,31)26-24/h1-10,16H,11-15H2. The van der Waals surface area contributed by atoms with Crippen LogP contribution in [0.4, 0.5) is 0 Å². The van der Waals surface area contributed by atoms with Crippen LogP contribution in [0.2, 0.25) is 0 Å². The van der Waals surface area contributed by atoms with Gasteiger partial charge in [-0.25, -0.2) is 0 Å². The van der Waals surface area contributed by atoms with Gasteiger partial charge in [0.15, 0.2) is 5.84 Å². The summed E-state index contributed by atoms with van der Waals surface area (Å²) >= 11 is 0. The van der Waals surface area contributed by atoms with E-state index in [1.54, 1.807) is 18.2 Å². The lowest BCUT2D eigenvalue weighted by atomic mass is 10.0. The average Bonchev–Trinajstić information content (AvgIpc) is 3.33. The second-order valence-corrected chi connectivity index (χ2v) is 9.94. The molecule has 7 heteroatoms. The van der Waals surface area contributed by atoms with E-state index in [1.165, 1.54) is 16.7 Å². The fraction of sp³-hybridized carbons (Fsp3) is 0.200. The number of hydrogen-bond donors (Lipinski definition) is 0. The van der Waals surface area contributed by atoms with E-state index >= 15 is 0 Å². The van der Waals surface area contributed by atoms with Crippen LogP contribution in [0, 0.1) is 0 Å². The van der Waals surface area contributed by atoms with Crippen LogP contribution in [-0.2, 0) is 16.4 Å². The first-order valence-electron chi connectivity index (χ1n) is 10.7. The third-order valence-corrected chi connectivity index (χ3v) is 7.85. The summed E-state index contributed by atoms with van der Waals surface area (Å²) in [5.41, 5.74) is 6.25. The van der Waals surface area contributed by atoms with E-state index in [9.17, 15) is 13.2 Å². The quantitative estimate of drug-likeness (QED) is 0.453. The Morgan fingerprint density at radius 3 is 2.28 bits per heavy atom. The molecule has 1 amide bonds. The highest BCUT2D eigenvalue weighted by Gasteiger charge is 2.33. The molecule has 3 aromatic carbocycles. The Kier molecular flexibility index (Phi) is 4.23. The van der Waals surface area contributed by atoms with Gasteiger partial charge in [0.25, 0.3) is 15.9 Å². The van der Waals surface area contributed by atoms with E-state index in [0.717, 1.165) is 12.0 Å². The van der Waals surface area contributed by atoms with Gasteiger partial charge in [-0.3, -0.25) is 4.79 Å². The normalized spacial score (nSPS) is 18.1.